The summed E-state index contributed by atoms with van der Waals surface area (Å²) < 4.78 is 28.4. The van der Waals surface area contributed by atoms with Gasteiger partial charge in [0.2, 0.25) is 10.0 Å². The standard InChI is InChI=1S/C21H22N4O3S/c1-16-20(15-22-25(16)18-7-3-2-4-8-18)21(26)23-17-9-11-19(12-10-17)29(27,28)24-13-5-6-14-24/h2-4,7-12,15H,5-6,13-14H2,1H3,(H,23,26). The van der Waals surface area contributed by atoms with E-state index in [4.69, 9.17) is 0 Å². The van der Waals surface area contributed by atoms with Crippen LogP contribution >= 0.6 is 0 Å². The molecule has 2 aromatic carbocycles. The molecule has 3 aromatic rings. The summed E-state index contributed by atoms with van der Waals surface area (Å²) in [5.41, 5.74) is 2.59. The second-order valence-corrected chi connectivity index (χ2v) is 8.92. The van der Waals surface area contributed by atoms with Crippen LogP contribution in [-0.2, 0) is 10.0 Å². The van der Waals surface area contributed by atoms with Crippen molar-refractivity contribution in [3.63, 3.8) is 0 Å². The van der Waals surface area contributed by atoms with E-state index in [1.165, 1.54) is 22.6 Å². The molecule has 150 valence electrons. The lowest BCUT2D eigenvalue weighted by molar-refractivity contribution is 0.102. The van der Waals surface area contributed by atoms with Crippen molar-refractivity contribution in [2.45, 2.75) is 24.7 Å². The summed E-state index contributed by atoms with van der Waals surface area (Å²) in [6.45, 7) is 2.96. The smallest absolute Gasteiger partial charge is 0.259 e. The van der Waals surface area contributed by atoms with E-state index in [0.29, 0.717) is 24.3 Å². The number of aromatic nitrogens is 2. The fourth-order valence-electron chi connectivity index (χ4n) is 3.45. The largest absolute Gasteiger partial charge is 0.322 e. The lowest BCUT2D eigenvalue weighted by Crippen LogP contribution is -2.27. The second kappa shape index (κ2) is 7.81. The van der Waals surface area contributed by atoms with Crippen LogP contribution < -0.4 is 5.32 Å². The van der Waals surface area contributed by atoms with Gasteiger partial charge in [0.25, 0.3) is 5.91 Å². The Kier molecular flexibility index (Phi) is 5.21. The van der Waals surface area contributed by atoms with E-state index in [2.05, 4.69) is 10.4 Å². The molecule has 0 saturated carbocycles. The number of hydrogen-bond acceptors (Lipinski definition) is 4. The van der Waals surface area contributed by atoms with E-state index >= 15 is 0 Å². The van der Waals surface area contributed by atoms with Crippen LogP contribution in [0.4, 0.5) is 5.69 Å². The topological polar surface area (TPSA) is 84.3 Å². The molecule has 0 unspecified atom stereocenters. The predicted molar refractivity (Wildman–Crippen MR) is 111 cm³/mol. The number of rotatable bonds is 5. The van der Waals surface area contributed by atoms with Crippen LogP contribution in [0.15, 0.2) is 65.7 Å². The summed E-state index contributed by atoms with van der Waals surface area (Å²) in [6, 6.07) is 15.9. The van der Waals surface area contributed by atoms with Crippen molar-refractivity contribution < 1.29 is 13.2 Å². The van der Waals surface area contributed by atoms with Crippen molar-refractivity contribution in [3.05, 3.63) is 72.1 Å². The number of benzene rings is 2. The zero-order chi connectivity index (χ0) is 20.4. The van der Waals surface area contributed by atoms with Gasteiger partial charge in [-0.1, -0.05) is 18.2 Å². The molecule has 1 fully saturated rings. The van der Waals surface area contributed by atoms with Gasteiger partial charge < -0.3 is 5.32 Å². The molecule has 2 heterocycles. The highest BCUT2D eigenvalue weighted by molar-refractivity contribution is 7.89. The first kappa shape index (κ1) is 19.4. The Balaban J connectivity index is 1.50. The number of amides is 1. The molecule has 1 aromatic heterocycles. The molecule has 1 aliphatic heterocycles. The molecule has 1 saturated heterocycles. The minimum absolute atomic E-state index is 0.241. The van der Waals surface area contributed by atoms with Crippen LogP contribution in [0, 0.1) is 6.92 Å². The summed E-state index contributed by atoms with van der Waals surface area (Å²) in [6.07, 6.45) is 3.32. The predicted octanol–water partition coefficient (Wildman–Crippen LogP) is 3.22. The van der Waals surface area contributed by atoms with Gasteiger partial charge in [-0.05, 0) is 56.2 Å². The van der Waals surface area contributed by atoms with Crippen molar-refractivity contribution in [1.82, 2.24) is 14.1 Å². The van der Waals surface area contributed by atoms with Gasteiger partial charge in [-0.25, -0.2) is 13.1 Å². The van der Waals surface area contributed by atoms with Gasteiger partial charge in [0.1, 0.15) is 0 Å². The number of hydrogen-bond donors (Lipinski definition) is 1. The molecule has 1 amide bonds. The van der Waals surface area contributed by atoms with Crippen LogP contribution in [0.2, 0.25) is 0 Å². The maximum Gasteiger partial charge on any atom is 0.259 e. The summed E-state index contributed by atoms with van der Waals surface area (Å²) >= 11 is 0. The lowest BCUT2D eigenvalue weighted by Gasteiger charge is -2.15. The van der Waals surface area contributed by atoms with Crippen LogP contribution in [0.1, 0.15) is 28.9 Å². The number of nitrogens with zero attached hydrogens (tertiary/aromatic N) is 3. The highest BCUT2D eigenvalue weighted by Gasteiger charge is 2.27. The second-order valence-electron chi connectivity index (χ2n) is 6.98. The molecule has 0 radical (unpaired) electrons. The highest BCUT2D eigenvalue weighted by atomic mass is 32.2. The monoisotopic (exact) mass is 410 g/mol. The third-order valence-electron chi connectivity index (χ3n) is 5.07. The maximum absolute atomic E-state index is 12.7. The van der Waals surface area contributed by atoms with Crippen molar-refractivity contribution >= 4 is 21.6 Å². The SMILES string of the molecule is Cc1c(C(=O)Nc2ccc(S(=O)(=O)N3CCCC3)cc2)cnn1-c1ccccc1. The molecular weight excluding hydrogens is 388 g/mol. The van der Waals surface area contributed by atoms with Crippen LogP contribution in [0.3, 0.4) is 0 Å². The number of nitrogens with one attached hydrogen (secondary N) is 1. The maximum atomic E-state index is 12.7. The van der Waals surface area contributed by atoms with Gasteiger partial charge in [-0.2, -0.15) is 9.40 Å². The lowest BCUT2D eigenvalue weighted by atomic mass is 10.2. The van der Waals surface area contributed by atoms with Crippen molar-refractivity contribution in [1.29, 1.82) is 0 Å². The average Bonchev–Trinajstić information content (AvgIpc) is 3.39. The zero-order valence-electron chi connectivity index (χ0n) is 16.1. The number of carbonyl (C=O) groups is 1. The summed E-state index contributed by atoms with van der Waals surface area (Å²) in [5.74, 6) is -0.292. The van der Waals surface area contributed by atoms with E-state index in [-0.39, 0.29) is 10.8 Å². The Morgan fingerprint density at radius 2 is 1.66 bits per heavy atom. The highest BCUT2D eigenvalue weighted by Crippen LogP contribution is 2.23. The van der Waals surface area contributed by atoms with E-state index in [1.54, 1.807) is 16.8 Å². The van der Waals surface area contributed by atoms with Crippen molar-refractivity contribution in [2.24, 2.45) is 0 Å². The molecule has 1 N–H and O–H groups in total. The normalized spacial score (nSPS) is 14.8. The Morgan fingerprint density at radius 1 is 1.00 bits per heavy atom. The summed E-state index contributed by atoms with van der Waals surface area (Å²) in [7, 11) is -3.46. The fraction of sp³-hybridized carbons (Fsp3) is 0.238. The minimum Gasteiger partial charge on any atom is -0.322 e. The molecule has 0 aliphatic carbocycles. The first-order valence-corrected chi connectivity index (χ1v) is 10.9. The van der Waals surface area contributed by atoms with E-state index in [1.807, 2.05) is 37.3 Å². The Hall–Kier alpha value is -2.97. The molecule has 4 rings (SSSR count). The molecule has 8 heteroatoms. The van der Waals surface area contributed by atoms with Gasteiger partial charge in [0, 0.05) is 18.8 Å². The minimum atomic E-state index is -3.46. The number of anilines is 1. The van der Waals surface area contributed by atoms with Gasteiger partial charge in [-0.15, -0.1) is 0 Å². The Bertz CT molecular complexity index is 1120. The third kappa shape index (κ3) is 3.81. The van der Waals surface area contributed by atoms with Gasteiger partial charge >= 0.3 is 0 Å². The summed E-state index contributed by atoms with van der Waals surface area (Å²) in [4.78, 5) is 12.9. The Morgan fingerprint density at radius 3 is 2.31 bits per heavy atom. The van der Waals surface area contributed by atoms with Gasteiger partial charge in [-0.3, -0.25) is 4.79 Å². The van der Waals surface area contributed by atoms with Crippen LogP contribution in [0.5, 0.6) is 0 Å². The molecule has 29 heavy (non-hydrogen) atoms. The third-order valence-corrected chi connectivity index (χ3v) is 6.98. The molecular formula is C21H22N4O3S. The molecule has 1 aliphatic rings. The van der Waals surface area contributed by atoms with Gasteiger partial charge in [0.05, 0.1) is 28.0 Å². The summed E-state index contributed by atoms with van der Waals surface area (Å²) in [5, 5.41) is 7.12. The number of carbonyl (C=O) groups excluding carboxylic acids is 1. The van der Waals surface area contributed by atoms with E-state index < -0.39 is 10.0 Å². The fourth-order valence-corrected chi connectivity index (χ4v) is 4.97. The molecule has 7 nitrogen and oxygen atoms in total. The van der Waals surface area contributed by atoms with Gasteiger partial charge in [0.15, 0.2) is 0 Å². The number of sulfonamides is 1. The van der Waals surface area contributed by atoms with Crippen LogP contribution in [0.25, 0.3) is 5.69 Å². The Labute approximate surface area is 170 Å². The first-order valence-electron chi connectivity index (χ1n) is 9.48. The first-order chi connectivity index (χ1) is 14.0. The van der Waals surface area contributed by atoms with E-state index in [9.17, 15) is 13.2 Å². The molecule has 0 atom stereocenters. The zero-order valence-corrected chi connectivity index (χ0v) is 16.9. The van der Waals surface area contributed by atoms with Crippen molar-refractivity contribution in [3.8, 4) is 5.69 Å². The molecule has 0 bridgehead atoms. The average molecular weight is 410 g/mol. The number of para-hydroxylation sites is 1. The quantitative estimate of drug-likeness (QED) is 0.700. The van der Waals surface area contributed by atoms with Crippen molar-refractivity contribution in [2.75, 3.05) is 18.4 Å². The van der Waals surface area contributed by atoms with E-state index in [0.717, 1.165) is 24.2 Å². The molecule has 0 spiro atoms. The van der Waals surface area contributed by atoms with Crippen LogP contribution in [-0.4, -0.2) is 41.5 Å².